The van der Waals surface area contributed by atoms with E-state index in [4.69, 9.17) is 4.74 Å². The number of para-hydroxylation sites is 2. The summed E-state index contributed by atoms with van der Waals surface area (Å²) in [7, 11) is 4.32. The van der Waals surface area contributed by atoms with Crippen LogP contribution in [0.2, 0.25) is 0 Å². The molecule has 3 nitrogen and oxygen atoms in total. The highest BCUT2D eigenvalue weighted by molar-refractivity contribution is 5.94. The van der Waals surface area contributed by atoms with Crippen molar-refractivity contribution < 1.29 is 4.74 Å². The summed E-state index contributed by atoms with van der Waals surface area (Å²) in [5.41, 5.74) is 5.00. The smallest absolute Gasteiger partial charge is 0.198 e. The molecule has 2 atom stereocenters. The average molecular weight is 483 g/mol. The summed E-state index contributed by atoms with van der Waals surface area (Å²) in [5.74, 6) is 1.80. The fourth-order valence-corrected chi connectivity index (χ4v) is 6.54. The van der Waals surface area contributed by atoms with Crippen molar-refractivity contribution in [2.75, 3.05) is 23.9 Å². The van der Waals surface area contributed by atoms with Crippen LogP contribution in [-0.2, 0) is 11.8 Å². The molecule has 0 fully saturated rings. The molecule has 0 spiro atoms. The predicted octanol–water partition coefficient (Wildman–Crippen LogP) is 7.68. The number of benzene rings is 5. The minimum atomic E-state index is -0.167. The first-order valence-corrected chi connectivity index (χ1v) is 13.0. The van der Waals surface area contributed by atoms with E-state index in [0.29, 0.717) is 0 Å². The minimum absolute atomic E-state index is 0.117. The van der Waals surface area contributed by atoms with Gasteiger partial charge < -0.3 is 14.5 Å². The molecular weight excluding hydrogens is 452 g/mol. The summed E-state index contributed by atoms with van der Waals surface area (Å²) in [6, 6.07) is 37.3. The molecule has 0 radical (unpaired) electrons. The summed E-state index contributed by atoms with van der Waals surface area (Å²) < 4.78 is 6.38. The standard InChI is InChI=1S/C34H30N2O/c1-34(22-23-16-17-24-10-4-5-12-26(24)20-23)31(21-32-36(3)28-14-8-9-15-30(28)37-32)35(2)29-19-18-25-11-6-7-13-27(25)33(29)34/h4-21,31H,22H2,1-3H3/b32-21-. The van der Waals surface area contributed by atoms with E-state index in [1.165, 1.54) is 38.4 Å². The normalized spacial score (nSPS) is 21.5. The lowest BCUT2D eigenvalue weighted by Crippen LogP contribution is -2.42. The van der Waals surface area contributed by atoms with E-state index < -0.39 is 0 Å². The van der Waals surface area contributed by atoms with Gasteiger partial charge in [-0.1, -0.05) is 91.9 Å². The zero-order valence-electron chi connectivity index (χ0n) is 21.5. The highest BCUT2D eigenvalue weighted by Crippen LogP contribution is 2.51. The number of hydrogen-bond acceptors (Lipinski definition) is 3. The molecule has 37 heavy (non-hydrogen) atoms. The monoisotopic (exact) mass is 482 g/mol. The molecule has 0 bridgehead atoms. The zero-order chi connectivity index (χ0) is 25.1. The third kappa shape index (κ3) is 3.34. The van der Waals surface area contributed by atoms with Gasteiger partial charge in [0.15, 0.2) is 11.6 Å². The first-order chi connectivity index (χ1) is 18.0. The highest BCUT2D eigenvalue weighted by atomic mass is 16.5. The lowest BCUT2D eigenvalue weighted by molar-refractivity contribution is 0.407. The van der Waals surface area contributed by atoms with E-state index in [0.717, 1.165) is 23.7 Å². The third-order valence-electron chi connectivity index (χ3n) is 8.39. The number of anilines is 2. The Balaban J connectivity index is 1.39. The average Bonchev–Trinajstić information content (AvgIpc) is 3.35. The Bertz CT molecular complexity index is 1700. The fourth-order valence-electron chi connectivity index (χ4n) is 6.54. The van der Waals surface area contributed by atoms with Gasteiger partial charge in [0.25, 0.3) is 0 Å². The number of rotatable bonds is 3. The summed E-state index contributed by atoms with van der Waals surface area (Å²) >= 11 is 0. The van der Waals surface area contributed by atoms with Crippen LogP contribution in [0.4, 0.5) is 11.4 Å². The van der Waals surface area contributed by atoms with Gasteiger partial charge in [-0.3, -0.25) is 0 Å². The minimum Gasteiger partial charge on any atom is -0.439 e. The Morgan fingerprint density at radius 1 is 0.757 bits per heavy atom. The maximum atomic E-state index is 6.38. The van der Waals surface area contributed by atoms with E-state index in [1.54, 1.807) is 0 Å². The van der Waals surface area contributed by atoms with E-state index in [2.05, 4.69) is 128 Å². The molecule has 2 aliphatic heterocycles. The summed E-state index contributed by atoms with van der Waals surface area (Å²) in [5, 5.41) is 5.19. The lowest BCUT2D eigenvalue weighted by Gasteiger charge is -2.34. The van der Waals surface area contributed by atoms with E-state index >= 15 is 0 Å². The number of hydrogen-bond donors (Lipinski definition) is 0. The zero-order valence-corrected chi connectivity index (χ0v) is 21.5. The first kappa shape index (κ1) is 22.0. The van der Waals surface area contributed by atoms with Gasteiger partial charge in [0.1, 0.15) is 0 Å². The van der Waals surface area contributed by atoms with Crippen molar-refractivity contribution in [2.24, 2.45) is 0 Å². The maximum Gasteiger partial charge on any atom is 0.198 e. The first-order valence-electron chi connectivity index (χ1n) is 13.0. The van der Waals surface area contributed by atoms with Crippen molar-refractivity contribution >= 4 is 32.9 Å². The summed E-state index contributed by atoms with van der Waals surface area (Å²) in [4.78, 5) is 4.61. The molecule has 0 saturated heterocycles. The largest absolute Gasteiger partial charge is 0.439 e. The number of fused-ring (bicyclic) bond motifs is 5. The molecule has 0 aromatic heterocycles. The summed E-state index contributed by atoms with van der Waals surface area (Å²) in [6.07, 6.45) is 3.25. The molecule has 2 unspecified atom stereocenters. The molecule has 5 aromatic carbocycles. The van der Waals surface area contributed by atoms with Crippen LogP contribution in [0.25, 0.3) is 21.5 Å². The molecule has 0 aliphatic carbocycles. The predicted molar refractivity (Wildman–Crippen MR) is 155 cm³/mol. The van der Waals surface area contributed by atoms with Gasteiger partial charge in [-0.25, -0.2) is 0 Å². The third-order valence-corrected chi connectivity index (χ3v) is 8.39. The maximum absolute atomic E-state index is 6.38. The molecule has 182 valence electrons. The van der Waals surface area contributed by atoms with Gasteiger partial charge in [-0.2, -0.15) is 0 Å². The second kappa shape index (κ2) is 8.14. The van der Waals surface area contributed by atoms with Gasteiger partial charge >= 0.3 is 0 Å². The van der Waals surface area contributed by atoms with Crippen molar-refractivity contribution in [2.45, 2.75) is 24.8 Å². The van der Waals surface area contributed by atoms with Gasteiger partial charge in [-0.05, 0) is 63.4 Å². The van der Waals surface area contributed by atoms with E-state index in [1.807, 2.05) is 12.1 Å². The van der Waals surface area contributed by atoms with Crippen molar-refractivity contribution in [3.8, 4) is 5.75 Å². The molecular formula is C34H30N2O. The van der Waals surface area contributed by atoms with Crippen molar-refractivity contribution in [3.63, 3.8) is 0 Å². The van der Waals surface area contributed by atoms with Crippen LogP contribution < -0.4 is 14.5 Å². The number of likely N-dealkylation sites (N-methyl/N-ethyl adjacent to an activating group) is 1. The van der Waals surface area contributed by atoms with Gasteiger partial charge in [0.05, 0.1) is 11.7 Å². The van der Waals surface area contributed by atoms with Crippen LogP contribution in [0.5, 0.6) is 5.75 Å². The molecule has 3 heteroatoms. The van der Waals surface area contributed by atoms with Gasteiger partial charge in [0, 0.05) is 25.2 Å². The second-order valence-electron chi connectivity index (χ2n) is 10.6. The van der Waals surface area contributed by atoms with Crippen LogP contribution in [0.15, 0.2) is 115 Å². The topological polar surface area (TPSA) is 15.7 Å². The van der Waals surface area contributed by atoms with Crippen LogP contribution in [0, 0.1) is 0 Å². The van der Waals surface area contributed by atoms with Crippen LogP contribution >= 0.6 is 0 Å². The van der Waals surface area contributed by atoms with Gasteiger partial charge in [0.2, 0.25) is 0 Å². The highest BCUT2D eigenvalue weighted by Gasteiger charge is 2.47. The number of nitrogens with zero attached hydrogens (tertiary/aromatic N) is 2. The van der Waals surface area contributed by atoms with E-state index in [9.17, 15) is 0 Å². The Hall–Kier alpha value is -4.24. The second-order valence-corrected chi connectivity index (χ2v) is 10.6. The molecule has 0 N–H and O–H groups in total. The lowest BCUT2D eigenvalue weighted by atomic mass is 9.72. The van der Waals surface area contributed by atoms with Crippen molar-refractivity contribution in [3.05, 3.63) is 126 Å². The fraction of sp³-hybridized carbons (Fsp3) is 0.176. The van der Waals surface area contributed by atoms with E-state index in [-0.39, 0.29) is 11.5 Å². The van der Waals surface area contributed by atoms with Crippen LogP contribution in [0.3, 0.4) is 0 Å². The summed E-state index contributed by atoms with van der Waals surface area (Å²) in [6.45, 7) is 2.43. The number of ether oxygens (including phenoxy) is 1. The Kier molecular flexibility index (Phi) is 4.84. The SMILES string of the molecule is CN1/C(=C/C2N(C)c3ccc4ccccc4c3C2(C)Cc2ccc3ccccc3c2)Oc2ccccc21. The Morgan fingerprint density at radius 2 is 1.46 bits per heavy atom. The van der Waals surface area contributed by atoms with Crippen LogP contribution in [0.1, 0.15) is 18.1 Å². The molecule has 7 rings (SSSR count). The van der Waals surface area contributed by atoms with Gasteiger partial charge in [-0.15, -0.1) is 0 Å². The molecule has 2 heterocycles. The Labute approximate surface area is 218 Å². The van der Waals surface area contributed by atoms with Crippen LogP contribution in [-0.4, -0.2) is 20.1 Å². The molecule has 0 saturated carbocycles. The molecule has 2 aliphatic rings. The van der Waals surface area contributed by atoms with Crippen molar-refractivity contribution in [1.29, 1.82) is 0 Å². The quantitative estimate of drug-likeness (QED) is 0.262. The Morgan fingerprint density at radius 3 is 2.30 bits per heavy atom. The molecule has 0 amide bonds. The van der Waals surface area contributed by atoms with Crippen molar-refractivity contribution in [1.82, 2.24) is 0 Å². The molecule has 5 aromatic rings.